The van der Waals surface area contributed by atoms with E-state index < -0.39 is 10.0 Å². The molecule has 0 atom stereocenters. The van der Waals surface area contributed by atoms with Gasteiger partial charge in [-0.2, -0.15) is 0 Å². The summed E-state index contributed by atoms with van der Waals surface area (Å²) < 4.78 is 38.6. The number of anilines is 2. The number of hydrogen-bond acceptors (Lipinski definition) is 5. The summed E-state index contributed by atoms with van der Waals surface area (Å²) in [7, 11) is -0.598. The van der Waals surface area contributed by atoms with Gasteiger partial charge < -0.3 is 15.2 Å². The Labute approximate surface area is 148 Å². The maximum atomic E-state index is 13.2. The highest BCUT2D eigenvalue weighted by molar-refractivity contribution is 7.92. The summed E-state index contributed by atoms with van der Waals surface area (Å²) in [4.78, 5) is 0.190. The Hall–Kier alpha value is -2.41. The van der Waals surface area contributed by atoms with Crippen LogP contribution in [0.3, 0.4) is 0 Å². The van der Waals surface area contributed by atoms with Crippen LogP contribution in [0.15, 0.2) is 41.3 Å². The predicted molar refractivity (Wildman–Crippen MR) is 97.9 cm³/mol. The molecule has 0 aromatic heterocycles. The van der Waals surface area contributed by atoms with Crippen LogP contribution >= 0.6 is 0 Å². The quantitative estimate of drug-likeness (QED) is 0.846. The summed E-state index contributed by atoms with van der Waals surface area (Å²) in [6.07, 6.45) is 2.48. The minimum atomic E-state index is -3.71. The summed E-state index contributed by atoms with van der Waals surface area (Å²) in [5.74, 6) is 1.11. The Morgan fingerprint density at radius 3 is 2.44 bits per heavy atom. The van der Waals surface area contributed by atoms with E-state index in [9.17, 15) is 8.42 Å². The molecule has 0 amide bonds. The fourth-order valence-electron chi connectivity index (χ4n) is 3.09. The lowest BCUT2D eigenvalue weighted by Gasteiger charge is -2.25. The first kappa shape index (κ1) is 17.4. The van der Waals surface area contributed by atoms with Gasteiger partial charge in [0, 0.05) is 18.3 Å². The summed E-state index contributed by atoms with van der Waals surface area (Å²) in [5.41, 5.74) is 7.76. The van der Waals surface area contributed by atoms with E-state index in [1.807, 2.05) is 6.07 Å². The number of benzene rings is 2. The number of rotatable bonds is 4. The number of ether oxygens (including phenoxy) is 2. The van der Waals surface area contributed by atoms with E-state index in [-0.39, 0.29) is 4.90 Å². The smallest absolute Gasteiger partial charge is 0.264 e. The Bertz CT molecular complexity index is 881. The molecule has 0 saturated heterocycles. The van der Waals surface area contributed by atoms with Gasteiger partial charge in [-0.3, -0.25) is 4.31 Å². The van der Waals surface area contributed by atoms with Gasteiger partial charge in [0.15, 0.2) is 11.5 Å². The van der Waals surface area contributed by atoms with Crippen LogP contribution in [0.25, 0.3) is 0 Å². The number of methoxy groups -OCH3 is 2. The van der Waals surface area contributed by atoms with Gasteiger partial charge in [-0.1, -0.05) is 6.07 Å². The Morgan fingerprint density at radius 2 is 1.76 bits per heavy atom. The van der Waals surface area contributed by atoms with Gasteiger partial charge in [0.2, 0.25) is 0 Å². The van der Waals surface area contributed by atoms with E-state index in [4.69, 9.17) is 15.2 Å². The second-order valence-corrected chi connectivity index (χ2v) is 7.80. The minimum absolute atomic E-state index is 0.190. The predicted octanol–water partition coefficient (Wildman–Crippen LogP) is 2.82. The molecule has 2 aromatic carbocycles. The standard InChI is InChI=1S/C18H22N2O4S/c1-23-17-10-13-6-3-4-9-20(16(13)12-18(17)24-2)25(21,22)15-8-5-7-14(19)11-15/h5,7-8,10-12H,3-4,6,9,19H2,1-2H3. The van der Waals surface area contributed by atoms with Crippen LogP contribution in [0.5, 0.6) is 11.5 Å². The molecule has 1 aliphatic rings. The van der Waals surface area contributed by atoms with Crippen LogP contribution in [0, 0.1) is 0 Å². The van der Waals surface area contributed by atoms with Gasteiger partial charge in [-0.05, 0) is 49.1 Å². The van der Waals surface area contributed by atoms with Crippen molar-refractivity contribution in [2.45, 2.75) is 24.2 Å². The molecular formula is C18H22N2O4S. The van der Waals surface area contributed by atoms with Crippen molar-refractivity contribution in [1.82, 2.24) is 0 Å². The zero-order valence-corrected chi connectivity index (χ0v) is 15.2. The molecule has 7 heteroatoms. The lowest BCUT2D eigenvalue weighted by molar-refractivity contribution is 0.354. The Kier molecular flexibility index (Phi) is 4.76. The van der Waals surface area contributed by atoms with Crippen molar-refractivity contribution in [3.63, 3.8) is 0 Å². The molecule has 2 N–H and O–H groups in total. The monoisotopic (exact) mass is 362 g/mol. The van der Waals surface area contributed by atoms with Gasteiger partial charge in [0.25, 0.3) is 10.0 Å². The van der Waals surface area contributed by atoms with Crippen LogP contribution in [0.2, 0.25) is 0 Å². The fourth-order valence-corrected chi connectivity index (χ4v) is 4.67. The van der Waals surface area contributed by atoms with Gasteiger partial charge in [0.05, 0.1) is 24.8 Å². The molecule has 0 bridgehead atoms. The number of nitrogen functional groups attached to an aromatic ring is 1. The number of aryl methyl sites for hydroxylation is 1. The Balaban J connectivity index is 2.15. The third-order valence-corrected chi connectivity index (χ3v) is 6.17. The Morgan fingerprint density at radius 1 is 1.04 bits per heavy atom. The fraction of sp³-hybridized carbons (Fsp3) is 0.333. The molecule has 3 rings (SSSR count). The molecule has 0 unspecified atom stereocenters. The number of nitrogens with zero attached hydrogens (tertiary/aromatic N) is 1. The van der Waals surface area contributed by atoms with Crippen molar-refractivity contribution >= 4 is 21.4 Å². The summed E-state index contributed by atoms with van der Waals surface area (Å²) in [6, 6.07) is 9.97. The van der Waals surface area contributed by atoms with Gasteiger partial charge in [-0.25, -0.2) is 8.42 Å². The lowest BCUT2D eigenvalue weighted by Crippen LogP contribution is -2.32. The highest BCUT2D eigenvalue weighted by Crippen LogP contribution is 2.39. The maximum Gasteiger partial charge on any atom is 0.264 e. The van der Waals surface area contributed by atoms with Crippen LogP contribution < -0.4 is 19.5 Å². The van der Waals surface area contributed by atoms with Crippen molar-refractivity contribution in [3.8, 4) is 11.5 Å². The van der Waals surface area contributed by atoms with Crippen LogP contribution in [0.4, 0.5) is 11.4 Å². The minimum Gasteiger partial charge on any atom is -0.493 e. The molecule has 0 aliphatic carbocycles. The average molecular weight is 362 g/mol. The zero-order valence-electron chi connectivity index (χ0n) is 14.4. The molecule has 1 aliphatic heterocycles. The zero-order chi connectivity index (χ0) is 18.0. The number of nitrogens with two attached hydrogens (primary N) is 1. The van der Waals surface area contributed by atoms with Crippen molar-refractivity contribution < 1.29 is 17.9 Å². The average Bonchev–Trinajstić information content (AvgIpc) is 2.82. The third-order valence-electron chi connectivity index (χ3n) is 4.36. The SMILES string of the molecule is COc1cc2c(cc1OC)N(S(=O)(=O)c1cccc(N)c1)CCCC2. The van der Waals surface area contributed by atoms with Crippen LogP contribution in [-0.2, 0) is 16.4 Å². The number of fused-ring (bicyclic) bond motifs is 1. The van der Waals surface area contributed by atoms with E-state index in [2.05, 4.69) is 0 Å². The molecule has 1 heterocycles. The summed E-state index contributed by atoms with van der Waals surface area (Å²) in [5, 5.41) is 0. The van der Waals surface area contributed by atoms with Crippen molar-refractivity contribution in [2.75, 3.05) is 30.8 Å². The number of hydrogen-bond donors (Lipinski definition) is 1. The van der Waals surface area contributed by atoms with E-state index in [1.54, 1.807) is 31.4 Å². The van der Waals surface area contributed by atoms with E-state index in [0.717, 1.165) is 24.8 Å². The molecule has 0 saturated carbocycles. The lowest BCUT2D eigenvalue weighted by atomic mass is 10.1. The highest BCUT2D eigenvalue weighted by Gasteiger charge is 2.29. The number of sulfonamides is 1. The normalized spacial score (nSPS) is 14.6. The van der Waals surface area contributed by atoms with Crippen molar-refractivity contribution in [3.05, 3.63) is 42.0 Å². The molecule has 25 heavy (non-hydrogen) atoms. The first-order valence-corrected chi connectivity index (χ1v) is 9.54. The second kappa shape index (κ2) is 6.84. The van der Waals surface area contributed by atoms with Crippen LogP contribution in [-0.4, -0.2) is 29.2 Å². The van der Waals surface area contributed by atoms with E-state index in [0.29, 0.717) is 29.4 Å². The topological polar surface area (TPSA) is 81.9 Å². The molecule has 0 radical (unpaired) electrons. The van der Waals surface area contributed by atoms with Gasteiger partial charge >= 0.3 is 0 Å². The second-order valence-electron chi connectivity index (χ2n) is 5.94. The largest absolute Gasteiger partial charge is 0.493 e. The van der Waals surface area contributed by atoms with E-state index in [1.165, 1.54) is 17.5 Å². The van der Waals surface area contributed by atoms with E-state index >= 15 is 0 Å². The highest BCUT2D eigenvalue weighted by atomic mass is 32.2. The first-order chi connectivity index (χ1) is 12.0. The summed E-state index contributed by atoms with van der Waals surface area (Å²) in [6.45, 7) is 0.416. The maximum absolute atomic E-state index is 13.2. The molecule has 134 valence electrons. The molecule has 0 fully saturated rings. The molecule has 2 aromatic rings. The summed E-state index contributed by atoms with van der Waals surface area (Å²) >= 11 is 0. The molecule has 0 spiro atoms. The molecule has 6 nitrogen and oxygen atoms in total. The molecular weight excluding hydrogens is 340 g/mol. The first-order valence-electron chi connectivity index (χ1n) is 8.10. The van der Waals surface area contributed by atoms with Gasteiger partial charge in [-0.15, -0.1) is 0 Å². The third kappa shape index (κ3) is 3.24. The van der Waals surface area contributed by atoms with Crippen LogP contribution in [0.1, 0.15) is 18.4 Å². The van der Waals surface area contributed by atoms with Crippen molar-refractivity contribution in [1.29, 1.82) is 0 Å². The van der Waals surface area contributed by atoms with Crippen molar-refractivity contribution in [2.24, 2.45) is 0 Å². The van der Waals surface area contributed by atoms with Gasteiger partial charge in [0.1, 0.15) is 0 Å².